The quantitative estimate of drug-likeness (QED) is 0.622. The van der Waals surface area contributed by atoms with Crippen LogP contribution in [0.25, 0.3) is 0 Å². The Morgan fingerprint density at radius 3 is 2.38 bits per heavy atom. The molecule has 1 rings (SSSR count). The molecule has 0 aliphatic heterocycles. The Kier molecular flexibility index (Phi) is 6.39. The average Bonchev–Trinajstić information content (AvgIpc) is 2.45. The maximum absolute atomic E-state index is 11.8. The van der Waals surface area contributed by atoms with Gasteiger partial charge in [0.2, 0.25) is 11.8 Å². The van der Waals surface area contributed by atoms with E-state index in [-0.39, 0.29) is 24.2 Å². The van der Waals surface area contributed by atoms with Gasteiger partial charge in [-0.3, -0.25) is 9.59 Å². The van der Waals surface area contributed by atoms with E-state index in [0.29, 0.717) is 11.4 Å². The molecule has 0 aliphatic carbocycles. The average molecular weight is 291 g/mol. The van der Waals surface area contributed by atoms with Crippen molar-refractivity contribution in [2.75, 3.05) is 12.4 Å². The van der Waals surface area contributed by atoms with Crippen molar-refractivity contribution >= 4 is 23.2 Å². The highest BCUT2D eigenvalue weighted by Gasteiger charge is 2.07. The van der Waals surface area contributed by atoms with Gasteiger partial charge in [-0.15, -0.1) is 0 Å². The SMILES string of the molecule is COc1ccc(NC(=O)C/C(C)=N/NC(=O)C(C)C)cc1. The third-order valence-corrected chi connectivity index (χ3v) is 2.67. The van der Waals surface area contributed by atoms with Gasteiger partial charge in [-0.05, 0) is 31.2 Å². The lowest BCUT2D eigenvalue weighted by atomic mass is 10.2. The molecule has 2 amide bonds. The highest BCUT2D eigenvalue weighted by Crippen LogP contribution is 2.15. The number of amides is 2. The first kappa shape index (κ1) is 16.7. The molecule has 21 heavy (non-hydrogen) atoms. The van der Waals surface area contributed by atoms with Crippen LogP contribution in [0, 0.1) is 5.92 Å². The van der Waals surface area contributed by atoms with Crippen LogP contribution < -0.4 is 15.5 Å². The fraction of sp³-hybridized carbons (Fsp3) is 0.400. The van der Waals surface area contributed by atoms with E-state index in [4.69, 9.17) is 4.74 Å². The Balaban J connectivity index is 2.48. The molecular formula is C15H21N3O3. The molecule has 0 saturated carbocycles. The fourth-order valence-corrected chi connectivity index (χ4v) is 1.43. The molecular weight excluding hydrogens is 270 g/mol. The van der Waals surface area contributed by atoms with Crippen LogP contribution in [0.15, 0.2) is 29.4 Å². The van der Waals surface area contributed by atoms with Crippen LogP contribution in [0.5, 0.6) is 5.75 Å². The summed E-state index contributed by atoms with van der Waals surface area (Å²) in [5, 5.41) is 6.64. The molecule has 1 aromatic carbocycles. The van der Waals surface area contributed by atoms with E-state index < -0.39 is 0 Å². The van der Waals surface area contributed by atoms with Crippen LogP contribution in [0.1, 0.15) is 27.2 Å². The normalized spacial score (nSPS) is 11.2. The Labute approximate surface area is 124 Å². The monoisotopic (exact) mass is 291 g/mol. The molecule has 0 fully saturated rings. The molecule has 0 aromatic heterocycles. The summed E-state index contributed by atoms with van der Waals surface area (Å²) in [6.07, 6.45) is 0.115. The summed E-state index contributed by atoms with van der Waals surface area (Å²) < 4.78 is 5.04. The Morgan fingerprint density at radius 1 is 1.24 bits per heavy atom. The summed E-state index contributed by atoms with van der Waals surface area (Å²) in [5.41, 5.74) is 3.64. The number of hydrogen-bond acceptors (Lipinski definition) is 4. The minimum atomic E-state index is -0.194. The van der Waals surface area contributed by atoms with Gasteiger partial charge in [0, 0.05) is 17.3 Å². The molecule has 1 aromatic rings. The van der Waals surface area contributed by atoms with Crippen molar-refractivity contribution in [1.82, 2.24) is 5.43 Å². The van der Waals surface area contributed by atoms with E-state index in [0.717, 1.165) is 5.75 Å². The first-order chi connectivity index (χ1) is 9.92. The summed E-state index contributed by atoms with van der Waals surface area (Å²) in [4.78, 5) is 23.2. The molecule has 2 N–H and O–H groups in total. The highest BCUT2D eigenvalue weighted by atomic mass is 16.5. The molecule has 0 atom stereocenters. The second kappa shape index (κ2) is 8.04. The number of nitrogens with zero attached hydrogens (tertiary/aromatic N) is 1. The summed E-state index contributed by atoms with van der Waals surface area (Å²) in [6.45, 7) is 5.24. The number of hydrazone groups is 1. The van der Waals surface area contributed by atoms with Crippen LogP contribution in [0.3, 0.4) is 0 Å². The Hall–Kier alpha value is -2.37. The molecule has 0 saturated heterocycles. The van der Waals surface area contributed by atoms with Gasteiger partial charge >= 0.3 is 0 Å². The number of methoxy groups -OCH3 is 1. The van der Waals surface area contributed by atoms with Gasteiger partial charge in [0.25, 0.3) is 0 Å². The fourth-order valence-electron chi connectivity index (χ4n) is 1.43. The van der Waals surface area contributed by atoms with Gasteiger partial charge in [0.15, 0.2) is 0 Å². The maximum Gasteiger partial charge on any atom is 0.242 e. The van der Waals surface area contributed by atoms with E-state index >= 15 is 0 Å². The van der Waals surface area contributed by atoms with Crippen LogP contribution in [-0.4, -0.2) is 24.6 Å². The number of nitrogens with one attached hydrogen (secondary N) is 2. The van der Waals surface area contributed by atoms with E-state index in [2.05, 4.69) is 15.8 Å². The Morgan fingerprint density at radius 2 is 1.86 bits per heavy atom. The molecule has 0 aliphatic rings. The number of hydrogen-bond donors (Lipinski definition) is 2. The third kappa shape index (κ3) is 6.07. The highest BCUT2D eigenvalue weighted by molar-refractivity contribution is 6.05. The van der Waals surface area contributed by atoms with Crippen LogP contribution in [0.4, 0.5) is 5.69 Å². The van der Waals surface area contributed by atoms with Crippen molar-refractivity contribution in [3.63, 3.8) is 0 Å². The van der Waals surface area contributed by atoms with E-state index in [1.54, 1.807) is 52.1 Å². The van der Waals surface area contributed by atoms with E-state index in [1.165, 1.54) is 0 Å². The molecule has 114 valence electrons. The maximum atomic E-state index is 11.8. The van der Waals surface area contributed by atoms with Gasteiger partial charge in [-0.1, -0.05) is 13.8 Å². The molecule has 6 heteroatoms. The number of carbonyl (C=O) groups is 2. The van der Waals surface area contributed by atoms with Crippen molar-refractivity contribution < 1.29 is 14.3 Å². The predicted molar refractivity (Wildman–Crippen MR) is 82.3 cm³/mol. The minimum Gasteiger partial charge on any atom is -0.497 e. The summed E-state index contributed by atoms with van der Waals surface area (Å²) in [5.74, 6) is 0.210. The van der Waals surface area contributed by atoms with Crippen molar-refractivity contribution in [2.24, 2.45) is 11.0 Å². The molecule has 0 heterocycles. The summed E-state index contributed by atoms with van der Waals surface area (Å²) in [7, 11) is 1.58. The first-order valence-electron chi connectivity index (χ1n) is 6.69. The molecule has 0 spiro atoms. The number of ether oxygens (including phenoxy) is 1. The molecule has 0 bridgehead atoms. The second-order valence-corrected chi connectivity index (χ2v) is 4.93. The zero-order valence-electron chi connectivity index (χ0n) is 12.8. The van der Waals surface area contributed by atoms with Gasteiger partial charge in [-0.2, -0.15) is 5.10 Å². The standard InChI is InChI=1S/C15H21N3O3/c1-10(2)15(20)18-17-11(3)9-14(19)16-12-5-7-13(21-4)8-6-12/h5-8,10H,9H2,1-4H3,(H,16,19)(H,18,20)/b17-11+. The van der Waals surface area contributed by atoms with Crippen molar-refractivity contribution in [1.29, 1.82) is 0 Å². The van der Waals surface area contributed by atoms with Crippen LogP contribution in [-0.2, 0) is 9.59 Å². The van der Waals surface area contributed by atoms with E-state index in [1.807, 2.05) is 0 Å². The summed E-state index contributed by atoms with van der Waals surface area (Å²) >= 11 is 0. The van der Waals surface area contributed by atoms with Crippen LogP contribution in [0.2, 0.25) is 0 Å². The van der Waals surface area contributed by atoms with Crippen molar-refractivity contribution in [3.8, 4) is 5.75 Å². The molecule has 0 unspecified atom stereocenters. The lowest BCUT2D eigenvalue weighted by Crippen LogP contribution is -2.25. The van der Waals surface area contributed by atoms with Crippen molar-refractivity contribution in [2.45, 2.75) is 27.2 Å². The first-order valence-corrected chi connectivity index (χ1v) is 6.69. The lowest BCUT2D eigenvalue weighted by molar-refractivity contribution is -0.124. The third-order valence-electron chi connectivity index (χ3n) is 2.67. The number of anilines is 1. The second-order valence-electron chi connectivity index (χ2n) is 4.93. The number of rotatable bonds is 6. The zero-order chi connectivity index (χ0) is 15.8. The smallest absolute Gasteiger partial charge is 0.242 e. The largest absolute Gasteiger partial charge is 0.497 e. The number of benzene rings is 1. The van der Waals surface area contributed by atoms with Gasteiger partial charge in [-0.25, -0.2) is 5.43 Å². The topological polar surface area (TPSA) is 79.8 Å². The minimum absolute atomic E-state index is 0.115. The predicted octanol–water partition coefficient (Wildman–Crippen LogP) is 2.17. The number of carbonyl (C=O) groups excluding carboxylic acids is 2. The van der Waals surface area contributed by atoms with Gasteiger partial charge in [0.05, 0.1) is 13.5 Å². The van der Waals surface area contributed by atoms with E-state index in [9.17, 15) is 9.59 Å². The molecule has 0 radical (unpaired) electrons. The zero-order valence-corrected chi connectivity index (χ0v) is 12.8. The lowest BCUT2D eigenvalue weighted by Gasteiger charge is -2.07. The Bertz CT molecular complexity index is 521. The van der Waals surface area contributed by atoms with Gasteiger partial charge < -0.3 is 10.1 Å². The molecule has 6 nitrogen and oxygen atoms in total. The van der Waals surface area contributed by atoms with Crippen molar-refractivity contribution in [3.05, 3.63) is 24.3 Å². The summed E-state index contributed by atoms with van der Waals surface area (Å²) in [6, 6.07) is 7.03. The van der Waals surface area contributed by atoms with Crippen LogP contribution >= 0.6 is 0 Å². The van der Waals surface area contributed by atoms with Gasteiger partial charge in [0.1, 0.15) is 5.75 Å².